The van der Waals surface area contributed by atoms with Gasteiger partial charge in [-0.1, -0.05) is 6.92 Å². The summed E-state index contributed by atoms with van der Waals surface area (Å²) in [5.74, 6) is 0. The van der Waals surface area contributed by atoms with E-state index in [0.717, 1.165) is 24.7 Å². The fourth-order valence-corrected chi connectivity index (χ4v) is 5.14. The number of piperidine rings is 2. The van der Waals surface area contributed by atoms with Gasteiger partial charge in [0.05, 0.1) is 0 Å². The zero-order valence-corrected chi connectivity index (χ0v) is 13.5. The van der Waals surface area contributed by atoms with Gasteiger partial charge in [-0.25, -0.2) is 0 Å². The number of nitrogens with zero attached hydrogens (tertiary/aromatic N) is 1. The molecule has 2 aliphatic heterocycles. The van der Waals surface area contributed by atoms with Crippen molar-refractivity contribution in [3.05, 3.63) is 29.6 Å². The van der Waals surface area contributed by atoms with E-state index in [-0.39, 0.29) is 0 Å². The minimum absolute atomic E-state index is 0.728. The Morgan fingerprint density at radius 1 is 1.19 bits per heavy atom. The summed E-state index contributed by atoms with van der Waals surface area (Å²) in [5.41, 5.74) is 1.45. The molecule has 2 saturated heterocycles. The van der Waals surface area contributed by atoms with E-state index in [9.17, 15) is 0 Å². The van der Waals surface area contributed by atoms with Crippen molar-refractivity contribution in [3.8, 4) is 0 Å². The van der Waals surface area contributed by atoms with Gasteiger partial charge in [0.15, 0.2) is 0 Å². The van der Waals surface area contributed by atoms with E-state index < -0.39 is 0 Å². The summed E-state index contributed by atoms with van der Waals surface area (Å²) in [5, 5.41) is 7.29. The van der Waals surface area contributed by atoms with Gasteiger partial charge in [-0.15, -0.1) is 11.3 Å². The van der Waals surface area contributed by atoms with Crippen molar-refractivity contribution < 1.29 is 0 Å². The molecule has 2 unspecified atom stereocenters. The van der Waals surface area contributed by atoms with Crippen LogP contribution in [0.5, 0.6) is 0 Å². The molecule has 0 saturated carbocycles. The predicted octanol–water partition coefficient (Wildman–Crippen LogP) is 4.40. The third-order valence-corrected chi connectivity index (χ3v) is 6.10. The number of thiophene rings is 1. The second-order valence-electron chi connectivity index (χ2n) is 6.51. The van der Waals surface area contributed by atoms with Crippen LogP contribution in [0.25, 0.3) is 10.1 Å². The lowest BCUT2D eigenvalue weighted by Gasteiger charge is -2.50. The highest BCUT2D eigenvalue weighted by Gasteiger charge is 2.37. The summed E-state index contributed by atoms with van der Waals surface area (Å²) in [6.07, 6.45) is 6.75. The Hall–Kier alpha value is -1.06. The average Bonchev–Trinajstić information content (AvgIpc) is 2.94. The molecular formula is C18H24N2S. The predicted molar refractivity (Wildman–Crippen MR) is 92.4 cm³/mol. The summed E-state index contributed by atoms with van der Waals surface area (Å²) in [6, 6.07) is 11.5. The van der Waals surface area contributed by atoms with Gasteiger partial charge in [0, 0.05) is 28.5 Å². The number of rotatable bonds is 3. The first-order valence-electron chi connectivity index (χ1n) is 8.34. The van der Waals surface area contributed by atoms with Crippen LogP contribution < -0.4 is 10.2 Å². The zero-order chi connectivity index (χ0) is 14.2. The highest BCUT2D eigenvalue weighted by molar-refractivity contribution is 7.17. The normalized spacial score (nSPS) is 29.0. The molecule has 1 N–H and O–H groups in total. The maximum Gasteiger partial charge on any atom is 0.0378 e. The smallest absolute Gasteiger partial charge is 0.0378 e. The first kappa shape index (κ1) is 13.6. The molecule has 0 aliphatic carbocycles. The lowest BCUT2D eigenvalue weighted by molar-refractivity contribution is 0.247. The molecule has 112 valence electrons. The molecule has 1 aromatic carbocycles. The van der Waals surface area contributed by atoms with Crippen LogP contribution in [0.1, 0.15) is 39.0 Å². The fourth-order valence-electron chi connectivity index (χ4n) is 4.37. The third kappa shape index (κ3) is 2.47. The maximum atomic E-state index is 3.69. The monoisotopic (exact) mass is 300 g/mol. The van der Waals surface area contributed by atoms with Gasteiger partial charge >= 0.3 is 0 Å². The number of nitrogens with one attached hydrogen (secondary N) is 1. The van der Waals surface area contributed by atoms with Crippen molar-refractivity contribution in [2.45, 2.75) is 57.2 Å². The Bertz CT molecular complexity index is 606. The van der Waals surface area contributed by atoms with Crippen molar-refractivity contribution in [2.75, 3.05) is 11.4 Å². The average molecular weight is 300 g/mol. The summed E-state index contributed by atoms with van der Waals surface area (Å²) >= 11 is 1.84. The van der Waals surface area contributed by atoms with E-state index in [0.29, 0.717) is 0 Å². The molecule has 3 heterocycles. The number of fused-ring (bicyclic) bond motifs is 3. The van der Waals surface area contributed by atoms with Crippen molar-refractivity contribution >= 4 is 27.1 Å². The highest BCUT2D eigenvalue weighted by atomic mass is 32.1. The molecule has 3 heteroatoms. The Kier molecular flexibility index (Phi) is 3.64. The van der Waals surface area contributed by atoms with E-state index >= 15 is 0 Å². The molecule has 0 spiro atoms. The van der Waals surface area contributed by atoms with Crippen molar-refractivity contribution in [3.63, 3.8) is 0 Å². The summed E-state index contributed by atoms with van der Waals surface area (Å²) in [6.45, 7) is 3.33. The molecule has 1 aromatic heterocycles. The Morgan fingerprint density at radius 2 is 2.00 bits per heavy atom. The standard InChI is InChI=1S/C18H24N2S/c1-2-19-14-11-15-4-3-5-16(12-14)20(15)17-6-7-18-13(10-17)8-9-21-18/h6-10,14-16,19H,2-5,11-12H2,1H3. The minimum atomic E-state index is 0.728. The zero-order valence-electron chi connectivity index (χ0n) is 12.7. The molecule has 0 radical (unpaired) electrons. The molecule has 2 bridgehead atoms. The summed E-state index contributed by atoms with van der Waals surface area (Å²) in [4.78, 5) is 2.74. The Balaban J connectivity index is 1.64. The van der Waals surface area contributed by atoms with E-state index in [1.165, 1.54) is 47.9 Å². The second-order valence-corrected chi connectivity index (χ2v) is 7.46. The van der Waals surface area contributed by atoms with Crippen molar-refractivity contribution in [1.82, 2.24) is 5.32 Å². The Morgan fingerprint density at radius 3 is 2.76 bits per heavy atom. The van der Waals surface area contributed by atoms with Crippen LogP contribution in [-0.2, 0) is 0 Å². The molecule has 2 nitrogen and oxygen atoms in total. The molecule has 0 amide bonds. The lowest BCUT2D eigenvalue weighted by atomic mass is 9.81. The largest absolute Gasteiger partial charge is 0.365 e. The van der Waals surface area contributed by atoms with Gasteiger partial charge < -0.3 is 10.2 Å². The van der Waals surface area contributed by atoms with Crippen LogP contribution in [0.3, 0.4) is 0 Å². The van der Waals surface area contributed by atoms with Gasteiger partial charge in [0.25, 0.3) is 0 Å². The number of hydrogen-bond donors (Lipinski definition) is 1. The third-order valence-electron chi connectivity index (χ3n) is 5.20. The molecule has 21 heavy (non-hydrogen) atoms. The first-order chi connectivity index (χ1) is 10.3. The van der Waals surface area contributed by atoms with Gasteiger partial charge in [-0.05, 0) is 73.7 Å². The van der Waals surface area contributed by atoms with Gasteiger partial charge in [0.2, 0.25) is 0 Å². The van der Waals surface area contributed by atoms with Crippen LogP contribution in [0.4, 0.5) is 5.69 Å². The number of benzene rings is 1. The summed E-state index contributed by atoms with van der Waals surface area (Å²) < 4.78 is 1.41. The minimum Gasteiger partial charge on any atom is -0.365 e. The fraction of sp³-hybridized carbons (Fsp3) is 0.556. The maximum absolute atomic E-state index is 3.69. The lowest BCUT2D eigenvalue weighted by Crippen LogP contribution is -2.56. The van der Waals surface area contributed by atoms with Crippen molar-refractivity contribution in [1.29, 1.82) is 0 Å². The molecule has 2 atom stereocenters. The van der Waals surface area contributed by atoms with Gasteiger partial charge in [0.1, 0.15) is 0 Å². The van der Waals surface area contributed by atoms with Gasteiger partial charge in [-0.2, -0.15) is 0 Å². The SMILES string of the molecule is CCNC1CC2CCCC(C1)N2c1ccc2sccc2c1. The number of hydrogen-bond acceptors (Lipinski definition) is 3. The highest BCUT2D eigenvalue weighted by Crippen LogP contribution is 2.39. The van der Waals surface area contributed by atoms with Crippen LogP contribution in [0, 0.1) is 0 Å². The van der Waals surface area contributed by atoms with Crippen LogP contribution in [-0.4, -0.2) is 24.7 Å². The van der Waals surface area contributed by atoms with Crippen molar-refractivity contribution in [2.24, 2.45) is 0 Å². The molecule has 2 aliphatic rings. The van der Waals surface area contributed by atoms with E-state index in [4.69, 9.17) is 0 Å². The number of anilines is 1. The van der Waals surface area contributed by atoms with Crippen LogP contribution in [0.2, 0.25) is 0 Å². The van der Waals surface area contributed by atoms with E-state index in [1.807, 2.05) is 11.3 Å². The molecule has 2 aromatic rings. The quantitative estimate of drug-likeness (QED) is 0.904. The van der Waals surface area contributed by atoms with Gasteiger partial charge in [-0.3, -0.25) is 0 Å². The van der Waals surface area contributed by atoms with E-state index in [1.54, 1.807) is 0 Å². The summed E-state index contributed by atoms with van der Waals surface area (Å²) in [7, 11) is 0. The van der Waals surface area contributed by atoms with Crippen LogP contribution >= 0.6 is 11.3 Å². The Labute approximate surface area is 131 Å². The first-order valence-corrected chi connectivity index (χ1v) is 9.22. The molecular weight excluding hydrogens is 276 g/mol. The topological polar surface area (TPSA) is 15.3 Å². The van der Waals surface area contributed by atoms with Crippen LogP contribution in [0.15, 0.2) is 29.6 Å². The second kappa shape index (κ2) is 5.62. The molecule has 2 fully saturated rings. The van der Waals surface area contributed by atoms with E-state index in [2.05, 4.69) is 46.8 Å². The molecule has 4 rings (SSSR count).